The maximum Gasteiger partial charge on any atom is 0.388 e. The number of halogens is 2. The molecule has 1 aromatic carbocycles. The van der Waals surface area contributed by atoms with Crippen LogP contribution in [0.1, 0.15) is 64.9 Å². The van der Waals surface area contributed by atoms with Crippen molar-refractivity contribution in [2.45, 2.75) is 90.1 Å². The number of methoxy groups -OCH3 is 1. The van der Waals surface area contributed by atoms with E-state index in [9.17, 15) is 23.5 Å². The number of amides is 2. The summed E-state index contributed by atoms with van der Waals surface area (Å²) in [5.41, 5.74) is 1.50. The highest BCUT2D eigenvalue weighted by atomic mass is 28.4. The number of carbonyl (C=O) groups is 2. The Morgan fingerprint density at radius 2 is 1.76 bits per heavy atom. The van der Waals surface area contributed by atoms with Crippen molar-refractivity contribution < 1.29 is 37.4 Å². The minimum Gasteiger partial charge on any atom is -0.481 e. The first-order valence-corrected chi connectivity index (χ1v) is 17.1. The predicted molar refractivity (Wildman–Crippen MR) is 160 cm³/mol. The molecular formula is C30H43F2N3O6Si. The smallest absolute Gasteiger partial charge is 0.388 e. The van der Waals surface area contributed by atoms with Gasteiger partial charge in [-0.15, -0.1) is 0 Å². The molecule has 2 N–H and O–H groups in total. The summed E-state index contributed by atoms with van der Waals surface area (Å²) in [4.78, 5) is 31.2. The maximum absolute atomic E-state index is 14.0. The van der Waals surface area contributed by atoms with Crippen LogP contribution in [-0.2, 0) is 9.22 Å². The standard InChI is InChI=1S/C30H43F2N3O6Si/c1-19(18-40-42(6,7)30(2,3)4)22-10-8-9-11-24(22)35(21-14-12-20(13-15-21)27(36)37)29(38)33-23-16-17-25(39-5)34-26(23)41-28(31)32/h8-11,16-17,19-21,28H,12-15,18H2,1-7H3,(H,33,38)(H,36,37). The van der Waals surface area contributed by atoms with Crippen molar-refractivity contribution in [3.63, 3.8) is 0 Å². The molecule has 0 saturated heterocycles. The highest BCUT2D eigenvalue weighted by molar-refractivity contribution is 6.74. The number of carboxylic acid groups (broad SMARTS) is 1. The van der Waals surface area contributed by atoms with Gasteiger partial charge in [-0.25, -0.2) is 4.79 Å². The lowest BCUT2D eigenvalue weighted by Crippen LogP contribution is -2.46. The van der Waals surface area contributed by atoms with Gasteiger partial charge in [-0.3, -0.25) is 9.69 Å². The lowest BCUT2D eigenvalue weighted by molar-refractivity contribution is -0.142. The number of ether oxygens (including phenoxy) is 2. The molecule has 12 heteroatoms. The van der Waals surface area contributed by atoms with Crippen LogP contribution in [0, 0.1) is 5.92 Å². The molecule has 0 bridgehead atoms. The van der Waals surface area contributed by atoms with Gasteiger partial charge >= 0.3 is 18.6 Å². The average molecular weight is 608 g/mol. The second-order valence-corrected chi connectivity index (χ2v) is 17.1. The number of hydrogen-bond donors (Lipinski definition) is 2. The molecule has 1 fully saturated rings. The summed E-state index contributed by atoms with van der Waals surface area (Å²) >= 11 is 0. The van der Waals surface area contributed by atoms with Gasteiger partial charge in [0.25, 0.3) is 0 Å². The maximum atomic E-state index is 14.0. The summed E-state index contributed by atoms with van der Waals surface area (Å²) in [7, 11) is -0.695. The van der Waals surface area contributed by atoms with Crippen molar-refractivity contribution in [3.05, 3.63) is 42.0 Å². The molecule has 3 rings (SSSR count). The van der Waals surface area contributed by atoms with Gasteiger partial charge in [0.1, 0.15) is 5.69 Å². The molecule has 0 radical (unpaired) electrons. The zero-order valence-corrected chi connectivity index (χ0v) is 26.4. The fourth-order valence-corrected chi connectivity index (χ4v) is 5.90. The zero-order chi connectivity index (χ0) is 31.2. The number of para-hydroxylation sites is 1. The van der Waals surface area contributed by atoms with Crippen LogP contribution < -0.4 is 19.7 Å². The second-order valence-electron chi connectivity index (χ2n) is 12.3. The van der Waals surface area contributed by atoms with E-state index in [2.05, 4.69) is 48.9 Å². The van der Waals surface area contributed by atoms with Crippen LogP contribution in [0.2, 0.25) is 18.1 Å². The Bertz CT molecular complexity index is 1230. The van der Waals surface area contributed by atoms with E-state index in [-0.39, 0.29) is 28.6 Å². The van der Waals surface area contributed by atoms with Gasteiger partial charge in [0.05, 0.1) is 13.0 Å². The third kappa shape index (κ3) is 8.18. The number of nitrogens with zero attached hydrogens (tertiary/aromatic N) is 2. The Balaban J connectivity index is 1.98. The normalized spacial score (nSPS) is 18.3. The number of anilines is 2. The van der Waals surface area contributed by atoms with E-state index in [0.29, 0.717) is 38.0 Å². The molecular weight excluding hydrogens is 564 g/mol. The average Bonchev–Trinajstić information content (AvgIpc) is 2.92. The highest BCUT2D eigenvalue weighted by Gasteiger charge is 2.38. The molecule has 1 saturated carbocycles. The number of alkyl halides is 2. The van der Waals surface area contributed by atoms with Crippen LogP contribution >= 0.6 is 0 Å². The van der Waals surface area contributed by atoms with E-state index in [4.69, 9.17) is 9.16 Å². The monoisotopic (exact) mass is 607 g/mol. The number of aromatic nitrogens is 1. The molecule has 0 aliphatic heterocycles. The van der Waals surface area contributed by atoms with Gasteiger partial charge in [0.2, 0.25) is 11.8 Å². The van der Waals surface area contributed by atoms with E-state index < -0.39 is 38.7 Å². The van der Waals surface area contributed by atoms with Crippen molar-refractivity contribution in [1.29, 1.82) is 0 Å². The Morgan fingerprint density at radius 3 is 2.33 bits per heavy atom. The summed E-state index contributed by atoms with van der Waals surface area (Å²) < 4.78 is 42.5. The molecule has 1 aliphatic carbocycles. The van der Waals surface area contributed by atoms with E-state index in [1.54, 1.807) is 4.90 Å². The van der Waals surface area contributed by atoms with Crippen LogP contribution in [0.4, 0.5) is 25.0 Å². The molecule has 1 heterocycles. The van der Waals surface area contributed by atoms with Crippen LogP contribution in [-0.4, -0.2) is 56.8 Å². The second kappa shape index (κ2) is 13.8. The van der Waals surface area contributed by atoms with Crippen LogP contribution in [0.3, 0.4) is 0 Å². The van der Waals surface area contributed by atoms with E-state index in [0.717, 1.165) is 5.56 Å². The highest BCUT2D eigenvalue weighted by Crippen LogP contribution is 2.39. The number of carboxylic acids is 1. The van der Waals surface area contributed by atoms with Gasteiger partial charge in [0.15, 0.2) is 8.32 Å². The summed E-state index contributed by atoms with van der Waals surface area (Å²) in [5, 5.41) is 12.3. The van der Waals surface area contributed by atoms with Gasteiger partial charge in [-0.2, -0.15) is 13.8 Å². The number of aliphatic carboxylic acids is 1. The van der Waals surface area contributed by atoms with Crippen molar-refractivity contribution >= 4 is 31.7 Å². The Morgan fingerprint density at radius 1 is 1.12 bits per heavy atom. The van der Waals surface area contributed by atoms with E-state index in [1.165, 1.54) is 19.2 Å². The number of urea groups is 1. The molecule has 42 heavy (non-hydrogen) atoms. The topological polar surface area (TPSA) is 110 Å². The molecule has 0 spiro atoms. The first-order chi connectivity index (χ1) is 19.6. The van der Waals surface area contributed by atoms with Crippen molar-refractivity contribution in [2.75, 3.05) is 23.9 Å². The predicted octanol–water partition coefficient (Wildman–Crippen LogP) is 7.50. The number of carbonyl (C=O) groups excluding carboxylic acids is 1. The van der Waals surface area contributed by atoms with E-state index >= 15 is 0 Å². The van der Waals surface area contributed by atoms with Crippen molar-refractivity contribution in [2.24, 2.45) is 5.92 Å². The zero-order valence-electron chi connectivity index (χ0n) is 25.4. The lowest BCUT2D eigenvalue weighted by Gasteiger charge is -2.39. The number of benzene rings is 1. The first kappa shape index (κ1) is 33.3. The SMILES string of the molecule is COc1ccc(NC(=O)N(c2ccccc2C(C)CO[Si](C)(C)C(C)(C)C)C2CCC(C(=O)O)CC2)c(OC(F)F)n1. The molecule has 2 aromatic rings. The summed E-state index contributed by atoms with van der Waals surface area (Å²) in [6.45, 7) is 10.3. The number of pyridine rings is 1. The fraction of sp³-hybridized carbons (Fsp3) is 0.567. The van der Waals surface area contributed by atoms with Crippen LogP contribution in [0.15, 0.2) is 36.4 Å². The molecule has 1 aromatic heterocycles. The molecule has 1 aliphatic rings. The Labute approximate surface area is 247 Å². The molecule has 2 amide bonds. The first-order valence-electron chi connectivity index (χ1n) is 14.2. The summed E-state index contributed by atoms with van der Waals surface area (Å²) in [6, 6.07) is 9.49. The quantitative estimate of drug-likeness (QED) is 0.255. The minimum absolute atomic E-state index is 0.0331. The summed E-state index contributed by atoms with van der Waals surface area (Å²) in [5.74, 6) is -1.82. The number of hydrogen-bond acceptors (Lipinski definition) is 6. The van der Waals surface area contributed by atoms with Gasteiger partial charge in [0, 0.05) is 30.3 Å². The third-order valence-electron chi connectivity index (χ3n) is 8.34. The molecule has 232 valence electrons. The van der Waals surface area contributed by atoms with Gasteiger partial charge < -0.3 is 24.3 Å². The molecule has 9 nitrogen and oxygen atoms in total. The van der Waals surface area contributed by atoms with Crippen LogP contribution in [0.5, 0.6) is 11.8 Å². The number of nitrogens with one attached hydrogen (secondary N) is 1. The van der Waals surface area contributed by atoms with Gasteiger partial charge in [-0.1, -0.05) is 45.9 Å². The summed E-state index contributed by atoms with van der Waals surface area (Å²) in [6.07, 6.45) is 1.77. The van der Waals surface area contributed by atoms with Gasteiger partial charge in [-0.05, 0) is 61.5 Å². The Kier molecular flexibility index (Phi) is 10.9. The third-order valence-corrected chi connectivity index (χ3v) is 12.8. The number of rotatable bonds is 11. The van der Waals surface area contributed by atoms with Crippen molar-refractivity contribution in [1.82, 2.24) is 4.98 Å². The van der Waals surface area contributed by atoms with E-state index in [1.807, 2.05) is 31.2 Å². The Hall–Kier alpha value is -3.25. The minimum atomic E-state index is -3.16. The van der Waals surface area contributed by atoms with Crippen molar-refractivity contribution in [3.8, 4) is 11.8 Å². The fourth-order valence-electron chi connectivity index (χ4n) is 4.80. The lowest BCUT2D eigenvalue weighted by atomic mass is 9.85. The largest absolute Gasteiger partial charge is 0.481 e. The molecule has 1 unspecified atom stereocenters. The van der Waals surface area contributed by atoms with Crippen LogP contribution in [0.25, 0.3) is 0 Å². The molecule has 1 atom stereocenters.